The lowest BCUT2D eigenvalue weighted by Crippen LogP contribution is -2.30. The molecule has 1 atom stereocenters. The fourth-order valence-corrected chi connectivity index (χ4v) is 3.28. The van der Waals surface area contributed by atoms with Crippen molar-refractivity contribution in [1.29, 1.82) is 0 Å². The first kappa shape index (κ1) is 16.0. The van der Waals surface area contributed by atoms with Crippen molar-refractivity contribution in [3.63, 3.8) is 0 Å². The summed E-state index contributed by atoms with van der Waals surface area (Å²) in [6.07, 6.45) is 1.66. The van der Waals surface area contributed by atoms with E-state index in [4.69, 9.17) is 0 Å². The molecule has 19 heavy (non-hydrogen) atoms. The molecule has 7 heteroatoms. The minimum atomic E-state index is -0.199. The second-order valence-electron chi connectivity index (χ2n) is 5.04. The van der Waals surface area contributed by atoms with Crippen LogP contribution in [-0.2, 0) is 4.79 Å². The van der Waals surface area contributed by atoms with E-state index in [1.807, 2.05) is 6.92 Å². The van der Waals surface area contributed by atoms with Crippen LogP contribution >= 0.6 is 23.1 Å². The van der Waals surface area contributed by atoms with Gasteiger partial charge < -0.3 is 10.6 Å². The molecule has 0 fully saturated rings. The summed E-state index contributed by atoms with van der Waals surface area (Å²) in [5.41, 5.74) is -0.0472. The third kappa shape index (κ3) is 6.07. The quantitative estimate of drug-likeness (QED) is 0.624. The van der Waals surface area contributed by atoms with Crippen LogP contribution in [0.1, 0.15) is 27.7 Å². The Bertz CT molecular complexity index is 439. The van der Waals surface area contributed by atoms with Crippen molar-refractivity contribution in [1.82, 2.24) is 15.5 Å². The van der Waals surface area contributed by atoms with Crippen LogP contribution in [0.5, 0.6) is 0 Å². The molecule has 0 radical (unpaired) electrons. The predicted octanol–water partition coefficient (Wildman–Crippen LogP) is 2.53. The van der Waals surface area contributed by atoms with Gasteiger partial charge in [-0.2, -0.15) is 0 Å². The zero-order valence-electron chi connectivity index (χ0n) is 11.7. The molecule has 2 N–H and O–H groups in total. The van der Waals surface area contributed by atoms with E-state index in [1.165, 1.54) is 23.1 Å². The highest BCUT2D eigenvalue weighted by atomic mass is 32.2. The van der Waals surface area contributed by atoms with E-state index in [0.717, 1.165) is 9.47 Å². The lowest BCUT2D eigenvalue weighted by Gasteiger charge is -2.18. The Morgan fingerprint density at radius 1 is 1.53 bits per heavy atom. The fourth-order valence-electron chi connectivity index (χ4n) is 1.15. The summed E-state index contributed by atoms with van der Waals surface area (Å²) in [5.74, 6) is -0.0227. The number of carbonyl (C=O) groups excluding carboxylic acids is 1. The van der Waals surface area contributed by atoms with Crippen LogP contribution < -0.4 is 10.6 Å². The number of hydrogen-bond acceptors (Lipinski definition) is 6. The molecule has 1 heterocycles. The standard InChI is InChI=1S/C12H20N4OS2/c1-6-7-13-9(17)8(2)18-11-16-15-10(19-11)14-12(3,4)5/h6,8H,1,7H2,2-5H3,(H,13,17)(H,14,15). The average Bonchev–Trinajstić information content (AvgIpc) is 2.70. The van der Waals surface area contributed by atoms with Crippen molar-refractivity contribution < 1.29 is 4.79 Å². The van der Waals surface area contributed by atoms with Crippen LogP contribution in [0.15, 0.2) is 17.0 Å². The summed E-state index contributed by atoms with van der Waals surface area (Å²) in [6.45, 7) is 12.1. The molecule has 0 saturated carbocycles. The van der Waals surface area contributed by atoms with Gasteiger partial charge in [-0.3, -0.25) is 4.79 Å². The number of nitrogens with zero attached hydrogens (tertiary/aromatic N) is 2. The molecular formula is C12H20N4OS2. The van der Waals surface area contributed by atoms with Crippen molar-refractivity contribution in [2.24, 2.45) is 0 Å². The molecule has 1 rings (SSSR count). The molecule has 106 valence electrons. The maximum atomic E-state index is 11.7. The summed E-state index contributed by atoms with van der Waals surface area (Å²) < 4.78 is 0.785. The van der Waals surface area contributed by atoms with Crippen LogP contribution in [0, 0.1) is 0 Å². The molecule has 0 aliphatic carbocycles. The van der Waals surface area contributed by atoms with E-state index in [2.05, 4.69) is 48.2 Å². The van der Waals surface area contributed by atoms with Crippen LogP contribution in [0.3, 0.4) is 0 Å². The minimum Gasteiger partial charge on any atom is -0.355 e. The van der Waals surface area contributed by atoms with Gasteiger partial charge in [0.25, 0.3) is 0 Å². The predicted molar refractivity (Wildman–Crippen MR) is 81.8 cm³/mol. The number of rotatable bonds is 6. The first-order valence-corrected chi connectivity index (χ1v) is 7.68. The molecule has 0 saturated heterocycles. The molecule has 1 aromatic heterocycles. The number of anilines is 1. The lowest BCUT2D eigenvalue weighted by molar-refractivity contribution is -0.120. The largest absolute Gasteiger partial charge is 0.355 e. The topological polar surface area (TPSA) is 66.9 Å². The first-order chi connectivity index (χ1) is 8.81. The Morgan fingerprint density at radius 3 is 2.79 bits per heavy atom. The maximum Gasteiger partial charge on any atom is 0.233 e. The second-order valence-corrected chi connectivity index (χ2v) is 7.61. The van der Waals surface area contributed by atoms with E-state index in [9.17, 15) is 4.79 Å². The molecule has 0 aliphatic rings. The molecule has 1 unspecified atom stereocenters. The smallest absolute Gasteiger partial charge is 0.233 e. The minimum absolute atomic E-state index is 0.0227. The SMILES string of the molecule is C=CCNC(=O)C(C)Sc1nnc(NC(C)(C)C)s1. The normalized spacial score (nSPS) is 12.8. The van der Waals surface area contributed by atoms with Gasteiger partial charge in [-0.25, -0.2) is 0 Å². The number of hydrogen-bond donors (Lipinski definition) is 2. The molecule has 0 bridgehead atoms. The molecular weight excluding hydrogens is 280 g/mol. The molecule has 1 amide bonds. The average molecular weight is 300 g/mol. The Morgan fingerprint density at radius 2 is 2.21 bits per heavy atom. The van der Waals surface area contributed by atoms with Crippen molar-refractivity contribution in [2.75, 3.05) is 11.9 Å². The van der Waals surface area contributed by atoms with E-state index >= 15 is 0 Å². The number of amides is 1. The van der Waals surface area contributed by atoms with Gasteiger partial charge in [-0.1, -0.05) is 29.2 Å². The second kappa shape index (κ2) is 6.91. The van der Waals surface area contributed by atoms with Crippen LogP contribution in [0.4, 0.5) is 5.13 Å². The van der Waals surface area contributed by atoms with Crippen molar-refractivity contribution in [3.05, 3.63) is 12.7 Å². The Balaban J connectivity index is 2.53. The number of aromatic nitrogens is 2. The first-order valence-electron chi connectivity index (χ1n) is 5.99. The summed E-state index contributed by atoms with van der Waals surface area (Å²) in [5, 5.41) is 14.7. The highest BCUT2D eigenvalue weighted by Crippen LogP contribution is 2.30. The van der Waals surface area contributed by atoms with Crippen LogP contribution in [0.25, 0.3) is 0 Å². The van der Waals surface area contributed by atoms with E-state index in [0.29, 0.717) is 6.54 Å². The van der Waals surface area contributed by atoms with Gasteiger partial charge >= 0.3 is 0 Å². The summed E-state index contributed by atoms with van der Waals surface area (Å²) in [7, 11) is 0. The monoisotopic (exact) mass is 300 g/mol. The third-order valence-corrected chi connectivity index (χ3v) is 3.98. The highest BCUT2D eigenvalue weighted by Gasteiger charge is 2.18. The summed E-state index contributed by atoms with van der Waals surface area (Å²) in [4.78, 5) is 11.7. The van der Waals surface area contributed by atoms with Gasteiger partial charge in [0.1, 0.15) is 0 Å². The number of nitrogens with one attached hydrogen (secondary N) is 2. The fraction of sp³-hybridized carbons (Fsp3) is 0.583. The van der Waals surface area contributed by atoms with Crippen molar-refractivity contribution in [2.45, 2.75) is 42.8 Å². The van der Waals surface area contributed by atoms with Crippen molar-refractivity contribution in [3.8, 4) is 0 Å². The van der Waals surface area contributed by atoms with Crippen LogP contribution in [0.2, 0.25) is 0 Å². The molecule has 0 spiro atoms. The molecule has 0 aliphatic heterocycles. The van der Waals surface area contributed by atoms with Gasteiger partial charge in [-0.05, 0) is 27.7 Å². The summed E-state index contributed by atoms with van der Waals surface area (Å²) >= 11 is 2.87. The highest BCUT2D eigenvalue weighted by molar-refractivity contribution is 8.02. The number of carbonyl (C=O) groups is 1. The maximum absolute atomic E-state index is 11.7. The van der Waals surface area contributed by atoms with Gasteiger partial charge in [-0.15, -0.1) is 16.8 Å². The lowest BCUT2D eigenvalue weighted by atomic mass is 10.1. The zero-order valence-corrected chi connectivity index (χ0v) is 13.3. The van der Waals surface area contributed by atoms with Crippen LogP contribution in [-0.4, -0.2) is 33.4 Å². The Labute approximate surface area is 122 Å². The van der Waals surface area contributed by atoms with E-state index in [-0.39, 0.29) is 16.7 Å². The summed E-state index contributed by atoms with van der Waals surface area (Å²) in [6, 6.07) is 0. The third-order valence-electron chi connectivity index (χ3n) is 1.96. The molecule has 5 nitrogen and oxygen atoms in total. The Kier molecular flexibility index (Phi) is 5.81. The van der Waals surface area contributed by atoms with Gasteiger partial charge in [0.05, 0.1) is 5.25 Å². The van der Waals surface area contributed by atoms with Gasteiger partial charge in [0, 0.05) is 12.1 Å². The zero-order chi connectivity index (χ0) is 14.5. The molecule has 1 aromatic rings. The van der Waals surface area contributed by atoms with E-state index < -0.39 is 0 Å². The van der Waals surface area contributed by atoms with E-state index in [1.54, 1.807) is 6.08 Å². The number of thioether (sulfide) groups is 1. The van der Waals surface area contributed by atoms with Gasteiger partial charge in [0.15, 0.2) is 4.34 Å². The Hall–Kier alpha value is -1.08. The van der Waals surface area contributed by atoms with Crippen molar-refractivity contribution >= 4 is 34.1 Å². The van der Waals surface area contributed by atoms with Gasteiger partial charge in [0.2, 0.25) is 11.0 Å². The molecule has 0 aromatic carbocycles.